The number of nitrogens with zero attached hydrogens (tertiary/aromatic N) is 3. The van der Waals surface area contributed by atoms with Crippen molar-refractivity contribution in [3.8, 4) is 23.1 Å². The number of aromatic nitrogens is 2. The Morgan fingerprint density at radius 1 is 0.717 bits per heavy atom. The summed E-state index contributed by atoms with van der Waals surface area (Å²) in [6, 6.07) is 39.4. The number of anilines is 2. The molecule has 214 valence electrons. The highest BCUT2D eigenvalue weighted by Gasteiger charge is 2.38. The second-order valence-corrected chi connectivity index (χ2v) is 11.7. The largest absolute Gasteiger partial charge is 0.456 e. The molecule has 1 N–H and O–H groups in total. The van der Waals surface area contributed by atoms with Crippen LogP contribution in [0.25, 0.3) is 55.4 Å². The van der Waals surface area contributed by atoms with E-state index in [0.717, 1.165) is 66.6 Å². The minimum atomic E-state index is 0.0161. The maximum absolute atomic E-state index is 6.11. The van der Waals surface area contributed by atoms with Crippen molar-refractivity contribution in [1.29, 1.82) is 0 Å². The van der Waals surface area contributed by atoms with Gasteiger partial charge in [-0.25, -0.2) is 9.97 Å². The molecule has 0 aliphatic carbocycles. The SMILES string of the molecule is C1#CC2c3ccccc3C3=CC=CC(=C1c1ccccc1Nc1nc(-c4ccc5oc6ccccc6c5c4)c4ccccc4n1)N32. The first-order valence-corrected chi connectivity index (χ1v) is 15.4. The molecule has 3 aliphatic heterocycles. The van der Waals surface area contributed by atoms with E-state index in [2.05, 4.69) is 107 Å². The van der Waals surface area contributed by atoms with E-state index in [4.69, 9.17) is 14.4 Å². The molecule has 7 aromatic rings. The van der Waals surface area contributed by atoms with E-state index in [1.165, 1.54) is 16.8 Å². The first-order chi connectivity index (χ1) is 22.8. The van der Waals surface area contributed by atoms with Gasteiger partial charge in [-0.3, -0.25) is 0 Å². The van der Waals surface area contributed by atoms with Crippen LogP contribution in [0.2, 0.25) is 0 Å². The lowest BCUT2D eigenvalue weighted by Crippen LogP contribution is -2.24. The average Bonchev–Trinajstić information content (AvgIpc) is 3.65. The number of benzene rings is 5. The minimum absolute atomic E-state index is 0.0161. The Bertz CT molecular complexity index is 2590. The molecule has 5 aromatic carbocycles. The Kier molecular flexibility index (Phi) is 5.19. The first-order valence-electron chi connectivity index (χ1n) is 15.4. The van der Waals surface area contributed by atoms with Gasteiger partial charge in [-0.15, -0.1) is 0 Å². The summed E-state index contributed by atoms with van der Waals surface area (Å²) in [5, 5.41) is 6.73. The quantitative estimate of drug-likeness (QED) is 0.208. The Labute approximate surface area is 264 Å². The van der Waals surface area contributed by atoms with Gasteiger partial charge in [0.2, 0.25) is 5.95 Å². The van der Waals surface area contributed by atoms with Gasteiger partial charge in [0.25, 0.3) is 0 Å². The van der Waals surface area contributed by atoms with Crippen LogP contribution in [0.15, 0.2) is 144 Å². The van der Waals surface area contributed by atoms with E-state index in [0.29, 0.717) is 5.95 Å². The van der Waals surface area contributed by atoms with E-state index in [-0.39, 0.29) is 6.04 Å². The normalized spacial score (nSPS) is 16.0. The molecule has 0 saturated heterocycles. The molecule has 5 heteroatoms. The molecule has 46 heavy (non-hydrogen) atoms. The molecule has 2 aromatic heterocycles. The third-order valence-corrected chi connectivity index (χ3v) is 9.10. The number of allylic oxidation sites excluding steroid dienone is 4. The van der Waals surface area contributed by atoms with Gasteiger partial charge in [-0.05, 0) is 54.1 Å². The summed E-state index contributed by atoms with van der Waals surface area (Å²) in [7, 11) is 0. The molecule has 5 heterocycles. The Hall–Kier alpha value is -6.38. The average molecular weight is 589 g/mol. The van der Waals surface area contributed by atoms with Crippen molar-refractivity contribution >= 4 is 55.7 Å². The lowest BCUT2D eigenvalue weighted by atomic mass is 9.96. The van der Waals surface area contributed by atoms with Crippen LogP contribution in [0.4, 0.5) is 11.6 Å². The molecule has 0 saturated carbocycles. The van der Waals surface area contributed by atoms with Gasteiger partial charge in [0.1, 0.15) is 17.2 Å². The molecule has 0 fully saturated rings. The van der Waals surface area contributed by atoms with Crippen LogP contribution >= 0.6 is 0 Å². The van der Waals surface area contributed by atoms with Gasteiger partial charge >= 0.3 is 0 Å². The number of hydrogen-bond acceptors (Lipinski definition) is 5. The Morgan fingerprint density at radius 2 is 1.50 bits per heavy atom. The fourth-order valence-corrected chi connectivity index (χ4v) is 7.04. The van der Waals surface area contributed by atoms with Crippen LogP contribution in [0.1, 0.15) is 22.7 Å². The van der Waals surface area contributed by atoms with E-state index in [9.17, 15) is 0 Å². The molecule has 10 rings (SSSR count). The second-order valence-electron chi connectivity index (χ2n) is 11.7. The third-order valence-electron chi connectivity index (χ3n) is 9.10. The van der Waals surface area contributed by atoms with Crippen LogP contribution in [0.5, 0.6) is 0 Å². The van der Waals surface area contributed by atoms with Crippen molar-refractivity contribution in [2.75, 3.05) is 5.32 Å². The fraction of sp³-hybridized carbons (Fsp3) is 0.0244. The summed E-state index contributed by atoms with van der Waals surface area (Å²) in [5.74, 6) is 7.63. The summed E-state index contributed by atoms with van der Waals surface area (Å²) < 4.78 is 6.11. The highest BCUT2D eigenvalue weighted by Crippen LogP contribution is 2.49. The van der Waals surface area contributed by atoms with Crippen LogP contribution in [-0.4, -0.2) is 14.9 Å². The standard InChI is InChI=1S/C41H24N4O/c1-2-12-28-27(11-1)35-17-9-18-36-29(21-22-37(28)45(35)36)26-10-3-6-15-33(26)42-41-43-34-16-7-4-14-31(34)40(44-41)25-20-23-39-32(24-25)30-13-5-8-19-38(30)46-39/h1-20,23-24,37H,(H,42,43,44). The topological polar surface area (TPSA) is 54.2 Å². The first kappa shape index (κ1) is 25.0. The van der Waals surface area contributed by atoms with Crippen molar-refractivity contribution in [3.05, 3.63) is 156 Å². The molecule has 0 spiro atoms. The van der Waals surface area contributed by atoms with Crippen LogP contribution in [0.3, 0.4) is 0 Å². The lowest BCUT2D eigenvalue weighted by molar-refractivity contribution is 0.470. The molecular weight excluding hydrogens is 564 g/mol. The van der Waals surface area contributed by atoms with Gasteiger partial charge in [0.05, 0.1) is 28.2 Å². The van der Waals surface area contributed by atoms with Crippen molar-refractivity contribution in [1.82, 2.24) is 14.9 Å². The molecule has 3 aliphatic rings. The number of para-hydroxylation sites is 3. The summed E-state index contributed by atoms with van der Waals surface area (Å²) in [4.78, 5) is 12.5. The number of fused-ring (bicyclic) bond motifs is 7. The maximum atomic E-state index is 6.11. The van der Waals surface area contributed by atoms with E-state index >= 15 is 0 Å². The smallest absolute Gasteiger partial charge is 0.228 e. The van der Waals surface area contributed by atoms with Gasteiger partial charge < -0.3 is 14.6 Å². The molecule has 0 radical (unpaired) electrons. The zero-order chi connectivity index (χ0) is 30.2. The van der Waals surface area contributed by atoms with Crippen LogP contribution in [-0.2, 0) is 0 Å². The summed E-state index contributed by atoms with van der Waals surface area (Å²) in [6.45, 7) is 0. The number of nitrogens with one attached hydrogen (secondary N) is 1. The lowest BCUT2D eigenvalue weighted by Gasteiger charge is -2.32. The summed E-state index contributed by atoms with van der Waals surface area (Å²) in [6.07, 6.45) is 6.48. The summed E-state index contributed by atoms with van der Waals surface area (Å²) >= 11 is 0. The van der Waals surface area contributed by atoms with Crippen molar-refractivity contribution in [3.63, 3.8) is 0 Å². The molecule has 1 atom stereocenters. The van der Waals surface area contributed by atoms with Crippen LogP contribution < -0.4 is 5.32 Å². The van der Waals surface area contributed by atoms with Gasteiger partial charge in [-0.1, -0.05) is 96.8 Å². The highest BCUT2D eigenvalue weighted by molar-refractivity contribution is 6.07. The highest BCUT2D eigenvalue weighted by atomic mass is 16.3. The monoisotopic (exact) mass is 588 g/mol. The third kappa shape index (κ3) is 3.65. The molecule has 1 unspecified atom stereocenters. The summed E-state index contributed by atoms with van der Waals surface area (Å²) in [5.41, 5.74) is 12.2. The van der Waals surface area contributed by atoms with Crippen molar-refractivity contribution in [2.24, 2.45) is 0 Å². The zero-order valence-electron chi connectivity index (χ0n) is 24.5. The molecular formula is C41H24N4O. The Balaban J connectivity index is 1.09. The number of furan rings is 1. The van der Waals surface area contributed by atoms with E-state index in [1.54, 1.807) is 0 Å². The van der Waals surface area contributed by atoms with Crippen molar-refractivity contribution in [2.45, 2.75) is 6.04 Å². The minimum Gasteiger partial charge on any atom is -0.456 e. The predicted molar refractivity (Wildman–Crippen MR) is 185 cm³/mol. The molecule has 0 bridgehead atoms. The van der Waals surface area contributed by atoms with Crippen LogP contribution in [0, 0.1) is 11.8 Å². The van der Waals surface area contributed by atoms with Gasteiger partial charge in [0.15, 0.2) is 0 Å². The second kappa shape index (κ2) is 9.56. The van der Waals surface area contributed by atoms with Crippen molar-refractivity contribution < 1.29 is 4.42 Å². The number of rotatable bonds is 4. The molecule has 0 amide bonds. The fourth-order valence-electron chi connectivity index (χ4n) is 7.04. The van der Waals surface area contributed by atoms with E-state index < -0.39 is 0 Å². The number of hydrogen-bond donors (Lipinski definition) is 1. The molecule has 5 nitrogen and oxygen atoms in total. The van der Waals surface area contributed by atoms with E-state index in [1.807, 2.05) is 48.5 Å². The van der Waals surface area contributed by atoms with Gasteiger partial charge in [-0.2, -0.15) is 0 Å². The maximum Gasteiger partial charge on any atom is 0.228 e. The Morgan fingerprint density at radius 3 is 2.46 bits per heavy atom. The predicted octanol–water partition coefficient (Wildman–Crippen LogP) is 9.64. The zero-order valence-corrected chi connectivity index (χ0v) is 24.5. The van der Waals surface area contributed by atoms with Gasteiger partial charge in [0, 0.05) is 38.5 Å².